The summed E-state index contributed by atoms with van der Waals surface area (Å²) < 4.78 is 9.81. The summed E-state index contributed by atoms with van der Waals surface area (Å²) in [6, 6.07) is 0. The molecule has 15 nitrogen and oxygen atoms in total. The van der Waals surface area contributed by atoms with Crippen molar-refractivity contribution >= 4 is 41.7 Å². The van der Waals surface area contributed by atoms with Crippen molar-refractivity contribution in [2.45, 2.75) is 6.92 Å². The number of carbonyl (C=O) groups is 4. The van der Waals surface area contributed by atoms with Crippen LogP contribution in [0.25, 0.3) is 0 Å². The van der Waals surface area contributed by atoms with E-state index in [1.54, 1.807) is 0 Å². The van der Waals surface area contributed by atoms with Crippen molar-refractivity contribution in [3.63, 3.8) is 0 Å². The Morgan fingerprint density at radius 1 is 0.806 bits per heavy atom. The maximum absolute atomic E-state index is 11.5. The summed E-state index contributed by atoms with van der Waals surface area (Å²) in [5.41, 5.74) is 0. The number of nitrogens with one attached hydrogen (secondary N) is 2. The lowest BCUT2D eigenvalue weighted by Gasteiger charge is -2.34. The number of likely N-dealkylation sites (N-methyl/N-ethyl adjacent to an activating group) is 1. The Balaban J connectivity index is 1.96. The molecule has 0 unspecified atom stereocenters. The highest BCUT2D eigenvalue weighted by atomic mass is 16.5. The molecule has 0 aliphatic carbocycles. The van der Waals surface area contributed by atoms with Gasteiger partial charge in [0.1, 0.15) is 13.2 Å². The molecule has 0 bridgehead atoms. The summed E-state index contributed by atoms with van der Waals surface area (Å²) >= 11 is 0. The summed E-state index contributed by atoms with van der Waals surface area (Å²) in [4.78, 5) is 61.2. The van der Waals surface area contributed by atoms with Crippen LogP contribution in [0.15, 0.2) is 24.3 Å². The third-order valence-corrected chi connectivity index (χ3v) is 4.71. The van der Waals surface area contributed by atoms with Crippen molar-refractivity contribution in [3.8, 4) is 0 Å². The van der Waals surface area contributed by atoms with Gasteiger partial charge in [-0.25, -0.2) is 19.2 Å². The number of carbonyl (C=O) groups excluding carboxylic acids is 2. The normalized spacial score (nSPS) is 14.1. The number of hydrogen-bond acceptors (Lipinski definition) is 13. The fraction of sp³-hybridized carbons (Fsp3) is 0.476. The largest absolute Gasteiger partial charge is 0.478 e. The molecule has 1 aromatic rings. The first kappa shape index (κ1) is 28.0. The van der Waals surface area contributed by atoms with Gasteiger partial charge in [0.25, 0.3) is 0 Å². The number of esters is 2. The summed E-state index contributed by atoms with van der Waals surface area (Å²) in [6.07, 6.45) is 2.99. The minimum absolute atomic E-state index is 0.0540. The van der Waals surface area contributed by atoms with E-state index < -0.39 is 23.9 Å². The molecule has 1 aliphatic rings. The summed E-state index contributed by atoms with van der Waals surface area (Å²) in [6.45, 7) is 6.40. The molecule has 4 N–H and O–H groups in total. The first-order valence-corrected chi connectivity index (χ1v) is 11.1. The van der Waals surface area contributed by atoms with Gasteiger partial charge < -0.3 is 40.1 Å². The average Bonchev–Trinajstić information content (AvgIpc) is 2.86. The van der Waals surface area contributed by atoms with Crippen molar-refractivity contribution < 1.29 is 38.9 Å². The van der Waals surface area contributed by atoms with Crippen molar-refractivity contribution in [1.29, 1.82) is 0 Å². The van der Waals surface area contributed by atoms with Crippen molar-refractivity contribution in [3.05, 3.63) is 24.3 Å². The molecule has 196 valence electrons. The van der Waals surface area contributed by atoms with Crippen LogP contribution in [0.1, 0.15) is 6.92 Å². The van der Waals surface area contributed by atoms with E-state index in [9.17, 15) is 19.2 Å². The second kappa shape index (κ2) is 14.9. The molecule has 0 saturated carbocycles. The molecular weight excluding hydrogens is 478 g/mol. The summed E-state index contributed by atoms with van der Waals surface area (Å²) in [5, 5.41) is 22.9. The first-order chi connectivity index (χ1) is 17.3. The van der Waals surface area contributed by atoms with E-state index in [1.807, 2.05) is 4.90 Å². The molecule has 15 heteroatoms. The Labute approximate surface area is 206 Å². The number of aliphatic carboxylic acids is 2. The number of rotatable bonds is 14. The van der Waals surface area contributed by atoms with Crippen molar-refractivity contribution in [2.24, 2.45) is 0 Å². The van der Waals surface area contributed by atoms with Gasteiger partial charge >= 0.3 is 23.9 Å². The minimum Gasteiger partial charge on any atom is -0.478 e. The van der Waals surface area contributed by atoms with Crippen LogP contribution in [0, 0.1) is 0 Å². The summed E-state index contributed by atoms with van der Waals surface area (Å²) in [5.74, 6) is -3.21. The van der Waals surface area contributed by atoms with E-state index in [0.717, 1.165) is 44.9 Å². The number of carboxylic acids is 2. The van der Waals surface area contributed by atoms with Crippen LogP contribution < -0.4 is 15.5 Å². The van der Waals surface area contributed by atoms with Gasteiger partial charge in [-0.15, -0.1) is 0 Å². The lowest BCUT2D eigenvalue weighted by atomic mass is 10.3. The van der Waals surface area contributed by atoms with Gasteiger partial charge in [0, 0.05) is 50.5 Å². The maximum Gasteiger partial charge on any atom is 0.331 e. The molecular formula is C21H29N7O8. The number of aromatic nitrogens is 3. The molecule has 0 spiro atoms. The van der Waals surface area contributed by atoms with Crippen LogP contribution in [0.3, 0.4) is 0 Å². The van der Waals surface area contributed by atoms with Gasteiger partial charge in [-0.3, -0.25) is 0 Å². The lowest BCUT2D eigenvalue weighted by molar-refractivity contribution is -0.138. The first-order valence-electron chi connectivity index (χ1n) is 11.1. The van der Waals surface area contributed by atoms with Crippen LogP contribution in [0.2, 0.25) is 0 Å². The molecule has 2 heterocycles. The van der Waals surface area contributed by atoms with Crippen LogP contribution in [-0.4, -0.2) is 113 Å². The zero-order chi connectivity index (χ0) is 26.3. The smallest absolute Gasteiger partial charge is 0.331 e. The molecule has 1 aromatic heterocycles. The lowest BCUT2D eigenvalue weighted by Crippen LogP contribution is -2.46. The molecule has 1 saturated heterocycles. The topological polar surface area (TPSA) is 196 Å². The zero-order valence-electron chi connectivity index (χ0n) is 19.8. The Hall–Kier alpha value is -4.27. The molecule has 0 aromatic carbocycles. The third kappa shape index (κ3) is 10.8. The predicted octanol–water partition coefficient (Wildman–Crippen LogP) is -0.795. The van der Waals surface area contributed by atoms with Crippen molar-refractivity contribution in [1.82, 2.24) is 19.9 Å². The van der Waals surface area contributed by atoms with Crippen LogP contribution >= 0.6 is 0 Å². The fourth-order valence-corrected chi connectivity index (χ4v) is 2.93. The molecule has 2 rings (SSSR count). The average molecular weight is 508 g/mol. The number of hydrogen-bond donors (Lipinski definition) is 4. The predicted molar refractivity (Wildman–Crippen MR) is 127 cm³/mol. The SMILES string of the molecule is CCN1CCN(c2nc(NCCOC(=O)/C=C/C(=O)O)nc(NCCOC(=O)/C=C/C(=O)O)n2)CC1. The molecule has 36 heavy (non-hydrogen) atoms. The van der Waals surface area contributed by atoms with E-state index >= 15 is 0 Å². The highest BCUT2D eigenvalue weighted by Gasteiger charge is 2.19. The second-order valence-electron chi connectivity index (χ2n) is 7.24. The van der Waals surface area contributed by atoms with E-state index in [0.29, 0.717) is 18.1 Å². The van der Waals surface area contributed by atoms with E-state index in [2.05, 4.69) is 37.4 Å². The maximum atomic E-state index is 11.5. The molecule has 0 amide bonds. The Morgan fingerprint density at radius 3 is 1.69 bits per heavy atom. The molecule has 0 atom stereocenters. The number of nitrogens with zero attached hydrogens (tertiary/aromatic N) is 5. The van der Waals surface area contributed by atoms with Gasteiger partial charge in [-0.1, -0.05) is 6.92 Å². The van der Waals surface area contributed by atoms with Crippen LogP contribution in [-0.2, 0) is 28.7 Å². The number of ether oxygens (including phenoxy) is 2. The van der Waals surface area contributed by atoms with E-state index in [1.165, 1.54) is 0 Å². The highest BCUT2D eigenvalue weighted by Crippen LogP contribution is 2.15. The number of carboxylic acid groups (broad SMARTS) is 2. The molecule has 0 radical (unpaired) electrons. The van der Waals surface area contributed by atoms with Crippen LogP contribution in [0.5, 0.6) is 0 Å². The third-order valence-electron chi connectivity index (χ3n) is 4.71. The van der Waals surface area contributed by atoms with Gasteiger partial charge in [-0.05, 0) is 6.54 Å². The highest BCUT2D eigenvalue weighted by molar-refractivity contribution is 5.91. The number of piperazine rings is 1. The minimum atomic E-state index is -1.26. The number of anilines is 3. The monoisotopic (exact) mass is 507 g/mol. The van der Waals surface area contributed by atoms with Gasteiger partial charge in [0.2, 0.25) is 17.8 Å². The Bertz CT molecular complexity index is 915. The standard InChI is InChI=1S/C21H29N7O8/c1-2-27-9-11-28(12-10-27)21-25-19(22-7-13-35-17(33)5-3-15(29)30)24-20(26-21)23-8-14-36-18(34)6-4-16(31)32/h3-6H,2,7-14H2,1H3,(H,29,30)(H,31,32)(H2,22,23,24,25,26)/b5-3+,6-4+. The van der Waals surface area contributed by atoms with E-state index in [4.69, 9.17) is 19.7 Å². The Kier molecular flexibility index (Phi) is 11.6. The van der Waals surface area contributed by atoms with Crippen LogP contribution in [0.4, 0.5) is 17.8 Å². The summed E-state index contributed by atoms with van der Waals surface area (Å²) in [7, 11) is 0. The quantitative estimate of drug-likeness (QED) is 0.139. The second-order valence-corrected chi connectivity index (χ2v) is 7.24. The molecule has 1 fully saturated rings. The Morgan fingerprint density at radius 2 is 1.28 bits per heavy atom. The zero-order valence-corrected chi connectivity index (χ0v) is 19.8. The molecule has 1 aliphatic heterocycles. The fourth-order valence-electron chi connectivity index (χ4n) is 2.93. The van der Waals surface area contributed by atoms with Gasteiger partial charge in [0.15, 0.2) is 0 Å². The van der Waals surface area contributed by atoms with E-state index in [-0.39, 0.29) is 38.2 Å². The van der Waals surface area contributed by atoms with Crippen molar-refractivity contribution in [2.75, 3.05) is 74.6 Å². The van der Waals surface area contributed by atoms with Gasteiger partial charge in [0.05, 0.1) is 13.1 Å². The van der Waals surface area contributed by atoms with Gasteiger partial charge in [-0.2, -0.15) is 15.0 Å².